The first-order valence-corrected chi connectivity index (χ1v) is 9.88. The number of aryl methyl sites for hydroxylation is 1. The summed E-state index contributed by atoms with van der Waals surface area (Å²) in [4.78, 5) is 12.5. The van der Waals surface area contributed by atoms with Crippen molar-refractivity contribution in [3.05, 3.63) is 29.3 Å². The molecule has 28 heavy (non-hydrogen) atoms. The van der Waals surface area contributed by atoms with Crippen molar-refractivity contribution < 1.29 is 14.7 Å². The Hall–Kier alpha value is -2.07. The number of ether oxygens (including phenoxy) is 1. The third-order valence-electron chi connectivity index (χ3n) is 5.77. The van der Waals surface area contributed by atoms with Gasteiger partial charge in [0.1, 0.15) is 5.75 Å². The number of hydroxylamine groups is 2. The topological polar surface area (TPSA) is 73.5 Å². The van der Waals surface area contributed by atoms with Crippen molar-refractivity contribution in [3.8, 4) is 18.1 Å². The van der Waals surface area contributed by atoms with E-state index in [1.54, 1.807) is 0 Å². The van der Waals surface area contributed by atoms with Crippen LogP contribution in [0.1, 0.15) is 64.1 Å². The number of hydrogen-bond donors (Lipinski definition) is 2. The van der Waals surface area contributed by atoms with E-state index in [4.69, 9.17) is 11.2 Å². The highest BCUT2D eigenvalue weighted by Crippen LogP contribution is 2.37. The molecule has 151 valence electrons. The maximum Gasteiger partial charge on any atom is 0.412 e. The van der Waals surface area contributed by atoms with Crippen LogP contribution in [0.25, 0.3) is 0 Å². The summed E-state index contributed by atoms with van der Waals surface area (Å²) in [5, 5.41) is 19.9. The summed E-state index contributed by atoms with van der Waals surface area (Å²) in [7, 11) is 0. The molecule has 1 aromatic carbocycles. The number of carbonyl (C=O) groups is 1. The predicted octanol–water partition coefficient (Wildman–Crippen LogP) is 3.35. The lowest BCUT2D eigenvalue weighted by atomic mass is 9.79. The molecule has 1 heterocycles. The first-order valence-electron chi connectivity index (χ1n) is 9.88. The van der Waals surface area contributed by atoms with E-state index in [0.717, 1.165) is 23.5 Å². The van der Waals surface area contributed by atoms with Gasteiger partial charge in [-0.3, -0.25) is 5.32 Å². The zero-order chi connectivity index (χ0) is 20.5. The Labute approximate surface area is 167 Å². The first-order chi connectivity index (χ1) is 13.1. The molecule has 1 aliphatic heterocycles. The van der Waals surface area contributed by atoms with Crippen LogP contribution < -0.4 is 15.4 Å². The van der Waals surface area contributed by atoms with E-state index in [1.807, 2.05) is 45.9 Å². The van der Waals surface area contributed by atoms with Gasteiger partial charge in [-0.1, -0.05) is 12.0 Å². The molecule has 0 saturated carbocycles. The lowest BCUT2D eigenvalue weighted by Gasteiger charge is -2.49. The Morgan fingerprint density at radius 3 is 2.61 bits per heavy atom. The van der Waals surface area contributed by atoms with Crippen molar-refractivity contribution in [2.24, 2.45) is 0 Å². The molecule has 0 spiro atoms. The van der Waals surface area contributed by atoms with Crippen molar-refractivity contribution in [1.29, 1.82) is 0 Å². The smallest absolute Gasteiger partial charge is 0.410 e. The number of nitrogens with one attached hydrogen (secondary N) is 2. The minimum atomic E-state index is -0.539. The summed E-state index contributed by atoms with van der Waals surface area (Å²) in [5.74, 6) is 3.12. The Balaban J connectivity index is 1.64. The summed E-state index contributed by atoms with van der Waals surface area (Å²) in [6.45, 7) is 8.14. The number of nitrogens with zero attached hydrogens (tertiary/aromatic N) is 1. The van der Waals surface area contributed by atoms with Crippen molar-refractivity contribution in [2.75, 3.05) is 6.54 Å². The molecule has 1 atom stereocenters. The van der Waals surface area contributed by atoms with Gasteiger partial charge in [-0.25, -0.2) is 4.79 Å². The molecular formula is C22H30N3O3. The van der Waals surface area contributed by atoms with E-state index in [9.17, 15) is 10.0 Å². The van der Waals surface area contributed by atoms with Crippen molar-refractivity contribution >= 4 is 6.09 Å². The summed E-state index contributed by atoms with van der Waals surface area (Å²) in [5.41, 5.74) is 1.32. The molecule has 2 N–H and O–H groups in total. The van der Waals surface area contributed by atoms with E-state index in [1.165, 1.54) is 5.56 Å². The van der Waals surface area contributed by atoms with Crippen molar-refractivity contribution in [1.82, 2.24) is 15.7 Å². The van der Waals surface area contributed by atoms with Gasteiger partial charge < -0.3 is 10.1 Å². The van der Waals surface area contributed by atoms with Gasteiger partial charge in [-0.15, -0.1) is 16.7 Å². The molecule has 1 aliphatic carbocycles. The monoisotopic (exact) mass is 384 g/mol. The third-order valence-corrected chi connectivity index (χ3v) is 5.77. The number of piperidine rings is 1. The van der Waals surface area contributed by atoms with E-state index < -0.39 is 17.2 Å². The van der Waals surface area contributed by atoms with Gasteiger partial charge in [-0.2, -0.15) is 0 Å². The second-order valence-electron chi connectivity index (χ2n) is 9.10. The molecule has 1 radical (unpaired) electrons. The Morgan fingerprint density at radius 2 is 1.96 bits per heavy atom. The Kier molecular flexibility index (Phi) is 5.72. The van der Waals surface area contributed by atoms with E-state index in [2.05, 4.69) is 16.6 Å². The van der Waals surface area contributed by atoms with Gasteiger partial charge in [-0.05, 0) is 76.6 Å². The normalized spacial score (nSPS) is 23.6. The average molecular weight is 385 g/mol. The lowest BCUT2D eigenvalue weighted by Crippen LogP contribution is -2.62. The van der Waals surface area contributed by atoms with Crippen LogP contribution in [0.15, 0.2) is 18.2 Å². The molecule has 1 amide bonds. The fourth-order valence-electron chi connectivity index (χ4n) is 4.71. The van der Waals surface area contributed by atoms with Crippen LogP contribution >= 0.6 is 0 Å². The summed E-state index contributed by atoms with van der Waals surface area (Å²) in [6, 6.07) is 5.85. The zero-order valence-electron chi connectivity index (χ0n) is 17.2. The summed E-state index contributed by atoms with van der Waals surface area (Å²) in [6.07, 6.45) is 8.00. The average Bonchev–Trinajstić information content (AvgIpc) is 2.99. The summed E-state index contributed by atoms with van der Waals surface area (Å²) < 4.78 is 5.55. The quantitative estimate of drug-likeness (QED) is 0.781. The van der Waals surface area contributed by atoms with Crippen LogP contribution in [0, 0.1) is 12.3 Å². The first kappa shape index (κ1) is 20.7. The highest BCUT2D eigenvalue weighted by molar-refractivity contribution is 5.71. The molecular weight excluding hydrogens is 354 g/mol. The maximum atomic E-state index is 12.5. The predicted molar refractivity (Wildman–Crippen MR) is 107 cm³/mol. The molecule has 6 heteroatoms. The van der Waals surface area contributed by atoms with Gasteiger partial charge in [0.05, 0.1) is 6.54 Å². The molecule has 6 nitrogen and oxygen atoms in total. The van der Waals surface area contributed by atoms with Gasteiger partial charge >= 0.3 is 6.09 Å². The van der Waals surface area contributed by atoms with Gasteiger partial charge in [0.15, 0.2) is 0 Å². The zero-order valence-corrected chi connectivity index (χ0v) is 17.2. The van der Waals surface area contributed by atoms with Crippen LogP contribution in [-0.2, 0) is 11.6 Å². The molecule has 1 aromatic rings. The van der Waals surface area contributed by atoms with Crippen LogP contribution in [-0.4, -0.2) is 34.8 Å². The lowest BCUT2D eigenvalue weighted by molar-refractivity contribution is -0.289. The second-order valence-corrected chi connectivity index (χ2v) is 9.10. The molecule has 0 aromatic heterocycles. The van der Waals surface area contributed by atoms with Gasteiger partial charge in [0.25, 0.3) is 0 Å². The standard InChI is InChI=1S/C22H30N3O3/c1-6-11-23-19-10-8-15-7-9-17(12-18(15)19)28-20(26)24-16-13-21(2,3)25(27)22(4,5)14-16/h1,7,9,12,16,19,23H,8,10-11,13-14H2,2-5H3,(H,24,26)/t19-/m1/s1. The van der Waals surface area contributed by atoms with Gasteiger partial charge in [0.2, 0.25) is 0 Å². The molecule has 3 rings (SSSR count). The van der Waals surface area contributed by atoms with E-state index >= 15 is 0 Å². The molecule has 1 fully saturated rings. The minimum absolute atomic E-state index is 0.109. The fourth-order valence-corrected chi connectivity index (χ4v) is 4.71. The number of amides is 1. The molecule has 0 unspecified atom stereocenters. The molecule has 0 bridgehead atoms. The minimum Gasteiger partial charge on any atom is -0.410 e. The molecule has 1 saturated heterocycles. The number of hydrogen-bond acceptors (Lipinski definition) is 4. The highest BCUT2D eigenvalue weighted by atomic mass is 16.6. The number of fused-ring (bicyclic) bond motifs is 1. The Bertz CT molecular complexity index is 764. The number of terminal acetylenes is 1. The van der Waals surface area contributed by atoms with Crippen LogP contribution in [0.4, 0.5) is 4.79 Å². The maximum absolute atomic E-state index is 12.5. The van der Waals surface area contributed by atoms with E-state index in [0.29, 0.717) is 25.1 Å². The van der Waals surface area contributed by atoms with Crippen molar-refractivity contribution in [2.45, 2.75) is 76.5 Å². The number of rotatable bonds is 4. The van der Waals surface area contributed by atoms with Crippen LogP contribution in [0.3, 0.4) is 0 Å². The largest absolute Gasteiger partial charge is 0.412 e. The molecule has 2 aliphatic rings. The van der Waals surface area contributed by atoms with E-state index in [-0.39, 0.29) is 12.1 Å². The van der Waals surface area contributed by atoms with Crippen LogP contribution in [0.5, 0.6) is 5.75 Å². The fraction of sp³-hybridized carbons (Fsp3) is 0.591. The second kappa shape index (κ2) is 7.75. The summed E-state index contributed by atoms with van der Waals surface area (Å²) >= 11 is 0. The highest BCUT2D eigenvalue weighted by Gasteiger charge is 2.46. The van der Waals surface area contributed by atoms with Crippen molar-refractivity contribution in [3.63, 3.8) is 0 Å². The third kappa shape index (κ3) is 4.33. The van der Waals surface area contributed by atoms with Gasteiger partial charge in [0, 0.05) is 23.2 Å². The number of benzene rings is 1. The number of carbonyl (C=O) groups excluding carboxylic acids is 1. The Morgan fingerprint density at radius 1 is 1.29 bits per heavy atom. The van der Waals surface area contributed by atoms with Crippen LogP contribution in [0.2, 0.25) is 0 Å². The SMILES string of the molecule is C#CCN[C@@H]1CCc2ccc(OC(=O)NC3CC(C)(C)N([O])C(C)(C)C3)cc21.